The van der Waals surface area contributed by atoms with Crippen molar-refractivity contribution in [3.8, 4) is 0 Å². The lowest BCUT2D eigenvalue weighted by atomic mass is 10.1. The fraction of sp³-hybridized carbons (Fsp3) is 0.312. The summed E-state index contributed by atoms with van der Waals surface area (Å²) in [5.41, 5.74) is 8.45. The molecular weight excluding hydrogens is 266 g/mol. The van der Waals surface area contributed by atoms with Gasteiger partial charge in [-0.15, -0.1) is 11.3 Å². The van der Waals surface area contributed by atoms with Gasteiger partial charge in [0.1, 0.15) is 0 Å². The average Bonchev–Trinajstić information content (AvgIpc) is 2.94. The Morgan fingerprint density at radius 1 is 1.20 bits per heavy atom. The van der Waals surface area contributed by atoms with Gasteiger partial charge in [-0.1, -0.05) is 35.9 Å². The van der Waals surface area contributed by atoms with Crippen LogP contribution in [0.5, 0.6) is 0 Å². The highest BCUT2D eigenvalue weighted by Crippen LogP contribution is 2.08. The second kappa shape index (κ2) is 7.70. The van der Waals surface area contributed by atoms with Crippen molar-refractivity contribution in [3.05, 3.63) is 57.8 Å². The van der Waals surface area contributed by atoms with Crippen molar-refractivity contribution >= 4 is 17.3 Å². The van der Waals surface area contributed by atoms with Gasteiger partial charge in [0.15, 0.2) is 5.96 Å². The number of nitrogens with two attached hydrogens (primary N) is 1. The first-order chi connectivity index (χ1) is 9.74. The van der Waals surface area contributed by atoms with E-state index in [0.717, 1.165) is 25.9 Å². The number of aryl methyl sites for hydroxylation is 1. The fourth-order valence-electron chi connectivity index (χ4n) is 1.89. The molecule has 1 aromatic heterocycles. The molecule has 0 aliphatic rings. The Balaban J connectivity index is 1.66. The van der Waals surface area contributed by atoms with Crippen LogP contribution in [0.4, 0.5) is 0 Å². The quantitative estimate of drug-likeness (QED) is 0.634. The molecule has 0 atom stereocenters. The van der Waals surface area contributed by atoms with Gasteiger partial charge >= 0.3 is 0 Å². The van der Waals surface area contributed by atoms with Crippen LogP contribution in [0.25, 0.3) is 0 Å². The molecule has 0 spiro atoms. The summed E-state index contributed by atoms with van der Waals surface area (Å²) in [7, 11) is 0. The number of nitrogens with zero attached hydrogens (tertiary/aromatic N) is 1. The zero-order valence-corrected chi connectivity index (χ0v) is 12.6. The first kappa shape index (κ1) is 14.6. The first-order valence-corrected chi connectivity index (χ1v) is 7.74. The molecule has 0 aliphatic heterocycles. The number of benzene rings is 1. The van der Waals surface area contributed by atoms with Crippen molar-refractivity contribution in [3.63, 3.8) is 0 Å². The zero-order chi connectivity index (χ0) is 14.2. The van der Waals surface area contributed by atoms with Gasteiger partial charge in [-0.25, -0.2) is 0 Å². The van der Waals surface area contributed by atoms with E-state index in [1.165, 1.54) is 16.0 Å². The van der Waals surface area contributed by atoms with E-state index in [0.29, 0.717) is 5.96 Å². The maximum atomic E-state index is 5.84. The molecule has 3 nitrogen and oxygen atoms in total. The number of rotatable bonds is 6. The van der Waals surface area contributed by atoms with Gasteiger partial charge < -0.3 is 11.1 Å². The molecule has 4 heteroatoms. The summed E-state index contributed by atoms with van der Waals surface area (Å²) >= 11 is 1.76. The van der Waals surface area contributed by atoms with Gasteiger partial charge in [0.2, 0.25) is 0 Å². The van der Waals surface area contributed by atoms with E-state index in [9.17, 15) is 0 Å². The minimum absolute atomic E-state index is 0.536. The fourth-order valence-corrected chi connectivity index (χ4v) is 2.59. The third kappa shape index (κ3) is 5.05. The van der Waals surface area contributed by atoms with E-state index < -0.39 is 0 Å². The number of guanidine groups is 1. The Morgan fingerprint density at radius 2 is 2.00 bits per heavy atom. The number of aliphatic imine (C=N–C) groups is 1. The zero-order valence-electron chi connectivity index (χ0n) is 11.8. The molecule has 0 saturated carbocycles. The molecule has 2 aromatic rings. The van der Waals surface area contributed by atoms with Gasteiger partial charge in [0, 0.05) is 24.4 Å². The van der Waals surface area contributed by atoms with E-state index in [4.69, 9.17) is 5.73 Å². The topological polar surface area (TPSA) is 50.4 Å². The van der Waals surface area contributed by atoms with Crippen LogP contribution in [0.1, 0.15) is 16.0 Å². The molecule has 20 heavy (non-hydrogen) atoms. The van der Waals surface area contributed by atoms with Crippen LogP contribution in [0.3, 0.4) is 0 Å². The summed E-state index contributed by atoms with van der Waals surface area (Å²) in [6.45, 7) is 3.65. The normalized spacial score (nSPS) is 11.6. The monoisotopic (exact) mass is 287 g/mol. The van der Waals surface area contributed by atoms with Gasteiger partial charge in [0.25, 0.3) is 0 Å². The SMILES string of the molecule is Cc1ccc(CCNC(N)=NCCc2cccs2)cc1. The summed E-state index contributed by atoms with van der Waals surface area (Å²) in [4.78, 5) is 5.68. The molecule has 0 fully saturated rings. The van der Waals surface area contributed by atoms with Crippen LogP contribution < -0.4 is 11.1 Å². The molecule has 0 amide bonds. The molecule has 106 valence electrons. The van der Waals surface area contributed by atoms with E-state index in [1.54, 1.807) is 11.3 Å². The summed E-state index contributed by atoms with van der Waals surface area (Å²) < 4.78 is 0. The third-order valence-electron chi connectivity index (χ3n) is 3.06. The molecule has 1 aromatic carbocycles. The van der Waals surface area contributed by atoms with Gasteiger partial charge in [-0.2, -0.15) is 0 Å². The maximum Gasteiger partial charge on any atom is 0.188 e. The van der Waals surface area contributed by atoms with Crippen molar-refractivity contribution in [1.82, 2.24) is 5.32 Å². The van der Waals surface area contributed by atoms with Crippen LogP contribution in [-0.4, -0.2) is 19.0 Å². The minimum atomic E-state index is 0.536. The number of nitrogens with one attached hydrogen (secondary N) is 1. The maximum absolute atomic E-state index is 5.84. The lowest BCUT2D eigenvalue weighted by molar-refractivity contribution is 0.845. The largest absolute Gasteiger partial charge is 0.370 e. The van der Waals surface area contributed by atoms with Crippen LogP contribution in [0.15, 0.2) is 46.8 Å². The highest BCUT2D eigenvalue weighted by Gasteiger charge is 1.96. The second-order valence-corrected chi connectivity index (χ2v) is 5.79. The summed E-state index contributed by atoms with van der Waals surface area (Å²) in [5.74, 6) is 0.536. The van der Waals surface area contributed by atoms with Crippen LogP contribution in [0, 0.1) is 6.92 Å². The molecule has 0 unspecified atom stereocenters. The molecule has 3 N–H and O–H groups in total. The highest BCUT2D eigenvalue weighted by molar-refractivity contribution is 7.09. The molecular formula is C16H21N3S. The molecule has 2 rings (SSSR count). The van der Waals surface area contributed by atoms with Gasteiger partial charge in [-0.3, -0.25) is 4.99 Å². The standard InChI is InChI=1S/C16H21N3S/c1-13-4-6-14(7-5-13)8-10-18-16(17)19-11-9-15-3-2-12-20-15/h2-7,12H,8-11H2,1H3,(H3,17,18,19). The van der Waals surface area contributed by atoms with Crippen LogP contribution >= 0.6 is 11.3 Å². The first-order valence-electron chi connectivity index (χ1n) is 6.86. The van der Waals surface area contributed by atoms with Gasteiger partial charge in [0.05, 0.1) is 0 Å². The molecule has 1 heterocycles. The summed E-state index contributed by atoms with van der Waals surface area (Å²) in [6.07, 6.45) is 1.92. The molecule has 0 aliphatic carbocycles. The Labute approximate surface area is 124 Å². The van der Waals surface area contributed by atoms with E-state index in [-0.39, 0.29) is 0 Å². The van der Waals surface area contributed by atoms with Crippen LogP contribution in [-0.2, 0) is 12.8 Å². The second-order valence-electron chi connectivity index (χ2n) is 4.76. The predicted molar refractivity (Wildman–Crippen MR) is 87.4 cm³/mol. The van der Waals surface area contributed by atoms with E-state index >= 15 is 0 Å². The molecule has 0 saturated heterocycles. The lowest BCUT2D eigenvalue weighted by Gasteiger charge is -2.06. The highest BCUT2D eigenvalue weighted by atomic mass is 32.1. The Kier molecular flexibility index (Phi) is 5.62. The Bertz CT molecular complexity index is 529. The smallest absolute Gasteiger partial charge is 0.188 e. The minimum Gasteiger partial charge on any atom is -0.370 e. The molecule has 0 radical (unpaired) electrons. The summed E-state index contributed by atoms with van der Waals surface area (Å²) in [5, 5.41) is 5.24. The third-order valence-corrected chi connectivity index (χ3v) is 4.00. The van der Waals surface area contributed by atoms with Crippen molar-refractivity contribution in [1.29, 1.82) is 0 Å². The number of hydrogen-bond acceptors (Lipinski definition) is 2. The average molecular weight is 287 g/mol. The number of hydrogen-bond donors (Lipinski definition) is 2. The van der Waals surface area contributed by atoms with Crippen molar-refractivity contribution < 1.29 is 0 Å². The van der Waals surface area contributed by atoms with Gasteiger partial charge in [-0.05, 0) is 30.4 Å². The lowest BCUT2D eigenvalue weighted by Crippen LogP contribution is -2.33. The number of thiophene rings is 1. The van der Waals surface area contributed by atoms with E-state index in [2.05, 4.69) is 59.0 Å². The molecule has 0 bridgehead atoms. The predicted octanol–water partition coefficient (Wildman–Crippen LogP) is 2.75. The van der Waals surface area contributed by atoms with Crippen molar-refractivity contribution in [2.24, 2.45) is 10.7 Å². The Morgan fingerprint density at radius 3 is 2.70 bits per heavy atom. The van der Waals surface area contributed by atoms with Crippen molar-refractivity contribution in [2.45, 2.75) is 19.8 Å². The van der Waals surface area contributed by atoms with Crippen LogP contribution in [0.2, 0.25) is 0 Å². The summed E-state index contributed by atoms with van der Waals surface area (Å²) in [6, 6.07) is 12.8. The van der Waals surface area contributed by atoms with Crippen molar-refractivity contribution in [2.75, 3.05) is 13.1 Å². The van der Waals surface area contributed by atoms with E-state index in [1.807, 2.05) is 0 Å². The Hall–Kier alpha value is -1.81.